The molecule has 1 heterocycles. The molecular formula is C26H30N2O8. The van der Waals surface area contributed by atoms with Crippen LogP contribution in [0.15, 0.2) is 34.8 Å². The average molecular weight is 499 g/mol. The monoisotopic (exact) mass is 498 g/mol. The Labute approximate surface area is 207 Å². The summed E-state index contributed by atoms with van der Waals surface area (Å²) in [7, 11) is 0. The van der Waals surface area contributed by atoms with E-state index in [0.717, 1.165) is 32.4 Å². The van der Waals surface area contributed by atoms with Crippen LogP contribution in [-0.2, 0) is 16.1 Å². The van der Waals surface area contributed by atoms with E-state index in [4.69, 9.17) is 5.73 Å². The number of nitrogens with zero attached hydrogens (tertiary/aromatic N) is 1. The molecule has 0 saturated carbocycles. The predicted molar refractivity (Wildman–Crippen MR) is 126 cm³/mol. The number of hydrogen-bond acceptors (Lipinski definition) is 9. The van der Waals surface area contributed by atoms with Crippen molar-refractivity contribution in [2.75, 3.05) is 13.1 Å². The number of allylic oxidation sites excluding steroid dienone is 1. The summed E-state index contributed by atoms with van der Waals surface area (Å²) >= 11 is 0. The van der Waals surface area contributed by atoms with Crippen LogP contribution in [0.3, 0.4) is 0 Å². The van der Waals surface area contributed by atoms with Gasteiger partial charge in [0.15, 0.2) is 11.4 Å². The van der Waals surface area contributed by atoms with Gasteiger partial charge in [-0.15, -0.1) is 0 Å². The lowest BCUT2D eigenvalue weighted by molar-refractivity contribution is -0.154. The summed E-state index contributed by atoms with van der Waals surface area (Å²) in [6.07, 6.45) is 1.22. The predicted octanol–water partition coefficient (Wildman–Crippen LogP) is 1.10. The van der Waals surface area contributed by atoms with E-state index < -0.39 is 70.4 Å². The average Bonchev–Trinajstić information content (AvgIpc) is 2.83. The molecule has 192 valence electrons. The molecule has 36 heavy (non-hydrogen) atoms. The number of carbonyl (C=O) groups is 3. The van der Waals surface area contributed by atoms with Gasteiger partial charge in [0.1, 0.15) is 22.8 Å². The summed E-state index contributed by atoms with van der Waals surface area (Å²) < 4.78 is 0. The van der Waals surface area contributed by atoms with E-state index in [2.05, 4.69) is 4.90 Å². The van der Waals surface area contributed by atoms with Gasteiger partial charge in [-0.3, -0.25) is 19.3 Å². The molecule has 5 rings (SSSR count). The standard InChI is InChI=1S/C26H30N2O8/c1-11-13-6-5-12(10-28-7-3-2-4-8-28)20(30)17(13)22(32)19-16(11)21(31)14-9-15(29)18(25(27)35)23(33)26(14,36)24(19)34/h5-6,11,14,16,21,29-31,34,36H,2-4,7-10H2,1H3,(H2,27,35)/t11-,14+,16+,21+,26+/m0/s1. The van der Waals surface area contributed by atoms with Gasteiger partial charge in [0.25, 0.3) is 5.91 Å². The Hall–Kier alpha value is -3.21. The maximum absolute atomic E-state index is 13.7. The third kappa shape index (κ3) is 3.24. The van der Waals surface area contributed by atoms with Crippen molar-refractivity contribution in [3.8, 4) is 5.75 Å². The largest absolute Gasteiger partial charge is 0.511 e. The molecule has 0 spiro atoms. The Morgan fingerprint density at radius 2 is 1.81 bits per heavy atom. The molecular weight excluding hydrogens is 468 g/mol. The number of carbonyl (C=O) groups excluding carboxylic acids is 3. The fraction of sp³-hybridized carbons (Fsp3) is 0.500. The first-order chi connectivity index (χ1) is 17.0. The van der Waals surface area contributed by atoms with Crippen molar-refractivity contribution in [2.24, 2.45) is 17.6 Å². The summed E-state index contributed by atoms with van der Waals surface area (Å²) in [5.41, 5.74) is 2.10. The SMILES string of the molecule is C[C@H]1c2ccc(CN3CCCCC3)c(O)c2C(=O)C2=C(O)[C@]3(O)C(=O)C(C(N)=O)=C(O)C[C@@H]3[C@@H](O)[C@@H]21. The normalized spacial score (nSPS) is 32.8. The zero-order valence-electron chi connectivity index (χ0n) is 19.9. The van der Waals surface area contributed by atoms with Crippen molar-refractivity contribution < 1.29 is 39.9 Å². The van der Waals surface area contributed by atoms with E-state index in [1.54, 1.807) is 19.1 Å². The number of aliphatic hydroxyl groups excluding tert-OH is 3. The molecule has 5 atom stereocenters. The first-order valence-corrected chi connectivity index (χ1v) is 12.2. The summed E-state index contributed by atoms with van der Waals surface area (Å²) in [6.45, 7) is 3.91. The van der Waals surface area contributed by atoms with Crippen LogP contribution >= 0.6 is 0 Å². The molecule has 10 nitrogen and oxygen atoms in total. The topological polar surface area (TPSA) is 182 Å². The first-order valence-electron chi connectivity index (χ1n) is 12.2. The van der Waals surface area contributed by atoms with Gasteiger partial charge < -0.3 is 31.3 Å². The lowest BCUT2D eigenvalue weighted by Crippen LogP contribution is -2.62. The Morgan fingerprint density at radius 1 is 1.14 bits per heavy atom. The van der Waals surface area contributed by atoms with Gasteiger partial charge in [0.2, 0.25) is 5.78 Å². The lowest BCUT2D eigenvalue weighted by atomic mass is 9.56. The van der Waals surface area contributed by atoms with E-state index in [1.165, 1.54) is 0 Å². The Morgan fingerprint density at radius 3 is 2.44 bits per heavy atom. The van der Waals surface area contributed by atoms with Crippen molar-refractivity contribution in [1.29, 1.82) is 0 Å². The van der Waals surface area contributed by atoms with Gasteiger partial charge >= 0.3 is 0 Å². The number of Topliss-reactive ketones (excluding diaryl/α,β-unsaturated/α-hetero) is 2. The number of phenolic OH excluding ortho intramolecular Hbond substituents is 1. The number of aromatic hydroxyl groups is 1. The van der Waals surface area contributed by atoms with Crippen LogP contribution in [0, 0.1) is 11.8 Å². The summed E-state index contributed by atoms with van der Waals surface area (Å²) in [6, 6.07) is 3.48. The molecule has 10 heteroatoms. The number of aliphatic hydroxyl groups is 4. The highest BCUT2D eigenvalue weighted by Crippen LogP contribution is 2.55. The van der Waals surface area contributed by atoms with E-state index >= 15 is 0 Å². The molecule has 1 amide bonds. The quantitative estimate of drug-likeness (QED) is 0.332. The zero-order valence-corrected chi connectivity index (χ0v) is 19.9. The molecule has 7 N–H and O–H groups in total. The van der Waals surface area contributed by atoms with Gasteiger partial charge in [-0.1, -0.05) is 25.5 Å². The second kappa shape index (κ2) is 8.43. The molecule has 0 radical (unpaired) electrons. The number of likely N-dealkylation sites (tertiary alicyclic amines) is 1. The third-order valence-corrected chi connectivity index (χ3v) is 8.43. The van der Waals surface area contributed by atoms with E-state index in [-0.39, 0.29) is 16.9 Å². The van der Waals surface area contributed by atoms with Crippen LogP contribution in [0.1, 0.15) is 60.0 Å². The van der Waals surface area contributed by atoms with Crippen LogP contribution in [0.4, 0.5) is 0 Å². The van der Waals surface area contributed by atoms with E-state index in [9.17, 15) is 39.9 Å². The van der Waals surface area contributed by atoms with Crippen LogP contribution in [-0.4, -0.2) is 72.7 Å². The number of piperidine rings is 1. The molecule has 3 aliphatic carbocycles. The zero-order chi connectivity index (χ0) is 26.1. The molecule has 1 aliphatic heterocycles. The number of amides is 1. The van der Waals surface area contributed by atoms with E-state index in [1.807, 2.05) is 0 Å². The fourth-order valence-electron chi connectivity index (χ4n) is 6.52. The Balaban J connectivity index is 1.64. The highest BCUT2D eigenvalue weighted by atomic mass is 16.4. The molecule has 1 saturated heterocycles. The van der Waals surface area contributed by atoms with Gasteiger partial charge in [-0.25, -0.2) is 0 Å². The maximum atomic E-state index is 13.7. The van der Waals surface area contributed by atoms with Crippen molar-refractivity contribution in [3.63, 3.8) is 0 Å². The minimum atomic E-state index is -2.82. The smallest absolute Gasteiger partial charge is 0.255 e. The summed E-state index contributed by atoms with van der Waals surface area (Å²) in [5.74, 6) is -8.39. The number of hydrogen-bond donors (Lipinski definition) is 6. The molecule has 0 unspecified atom stereocenters. The van der Waals surface area contributed by atoms with Gasteiger partial charge in [-0.05, 0) is 37.4 Å². The number of primary amides is 1. The van der Waals surface area contributed by atoms with Crippen molar-refractivity contribution in [2.45, 2.75) is 56.8 Å². The third-order valence-electron chi connectivity index (χ3n) is 8.43. The lowest BCUT2D eigenvalue weighted by Gasteiger charge is -2.50. The van der Waals surface area contributed by atoms with Crippen LogP contribution in [0.2, 0.25) is 0 Å². The summed E-state index contributed by atoms with van der Waals surface area (Å²) in [4.78, 5) is 40.8. The molecule has 4 aliphatic rings. The van der Waals surface area contributed by atoms with Gasteiger partial charge in [0.05, 0.1) is 11.7 Å². The number of ketones is 2. The van der Waals surface area contributed by atoms with Crippen LogP contribution in [0.5, 0.6) is 5.75 Å². The van der Waals surface area contributed by atoms with Crippen LogP contribution < -0.4 is 5.73 Å². The summed E-state index contributed by atoms with van der Waals surface area (Å²) in [5, 5.41) is 55.3. The number of nitrogens with two attached hydrogens (primary N) is 1. The number of rotatable bonds is 3. The number of benzene rings is 1. The van der Waals surface area contributed by atoms with Gasteiger partial charge in [0, 0.05) is 35.9 Å². The Bertz CT molecular complexity index is 1240. The molecule has 1 aromatic carbocycles. The molecule has 1 aromatic rings. The molecule has 0 bridgehead atoms. The second-order valence-electron chi connectivity index (χ2n) is 10.4. The van der Waals surface area contributed by atoms with Gasteiger partial charge in [-0.2, -0.15) is 0 Å². The van der Waals surface area contributed by atoms with Crippen LogP contribution in [0.25, 0.3) is 0 Å². The fourth-order valence-corrected chi connectivity index (χ4v) is 6.52. The number of phenols is 1. The highest BCUT2D eigenvalue weighted by molar-refractivity contribution is 6.24. The molecule has 1 fully saturated rings. The number of fused-ring (bicyclic) bond motifs is 3. The van der Waals surface area contributed by atoms with Crippen molar-refractivity contribution in [1.82, 2.24) is 4.90 Å². The van der Waals surface area contributed by atoms with Crippen molar-refractivity contribution in [3.05, 3.63) is 51.5 Å². The highest BCUT2D eigenvalue weighted by Gasteiger charge is 2.64. The van der Waals surface area contributed by atoms with E-state index in [0.29, 0.717) is 17.7 Å². The second-order valence-corrected chi connectivity index (χ2v) is 10.4. The van der Waals surface area contributed by atoms with Crippen molar-refractivity contribution >= 4 is 17.5 Å². The molecule has 0 aromatic heterocycles. The first kappa shape index (κ1) is 24.5. The maximum Gasteiger partial charge on any atom is 0.255 e. The minimum absolute atomic E-state index is 0.0409. The Kier molecular flexibility index (Phi) is 5.73. The minimum Gasteiger partial charge on any atom is -0.511 e.